The van der Waals surface area contributed by atoms with Gasteiger partial charge in [0.15, 0.2) is 0 Å². The highest BCUT2D eigenvalue weighted by atomic mass is 35.7. The number of hydrogen-bond acceptors (Lipinski definition) is 4. The van der Waals surface area contributed by atoms with Gasteiger partial charge in [-0.05, 0) is 25.1 Å². The highest BCUT2D eigenvalue weighted by Gasteiger charge is 2.18. The molecule has 0 radical (unpaired) electrons. The minimum atomic E-state index is -3.94. The summed E-state index contributed by atoms with van der Waals surface area (Å²) >= 11 is 5.83. The molecule has 0 aromatic heterocycles. The lowest BCUT2D eigenvalue weighted by molar-refractivity contribution is 0.0706. The van der Waals surface area contributed by atoms with E-state index in [1.165, 1.54) is 30.2 Å². The first-order chi connectivity index (χ1) is 9.29. The van der Waals surface area contributed by atoms with E-state index in [1.807, 2.05) is 6.92 Å². The van der Waals surface area contributed by atoms with Crippen molar-refractivity contribution in [1.82, 2.24) is 4.90 Å². The number of carbonyl (C=O) groups is 1. The minimum Gasteiger partial charge on any atom is -0.383 e. The smallest absolute Gasteiger partial charge is 0.261 e. The lowest BCUT2D eigenvalue weighted by Gasteiger charge is -2.20. The molecular weight excluding hydrogens is 325 g/mol. The van der Waals surface area contributed by atoms with E-state index in [2.05, 4.69) is 0 Å². The molecule has 0 bridgehead atoms. The second-order valence-electron chi connectivity index (χ2n) is 3.99. The maximum Gasteiger partial charge on any atom is 0.261 e. The molecule has 8 heteroatoms. The Bertz CT molecular complexity index is 589. The third-order valence-corrected chi connectivity index (χ3v) is 4.19. The van der Waals surface area contributed by atoms with E-state index in [1.54, 1.807) is 0 Å². The monoisotopic (exact) mass is 339 g/mol. The summed E-state index contributed by atoms with van der Waals surface area (Å²) in [5.74, 6) is -0.325. The summed E-state index contributed by atoms with van der Waals surface area (Å²) in [6.07, 6.45) is 0. The zero-order chi connectivity index (χ0) is 15.3. The van der Waals surface area contributed by atoms with Crippen molar-refractivity contribution in [1.29, 1.82) is 0 Å². The van der Waals surface area contributed by atoms with Gasteiger partial charge in [-0.1, -0.05) is 11.6 Å². The van der Waals surface area contributed by atoms with Crippen LogP contribution in [0.3, 0.4) is 0 Å². The summed E-state index contributed by atoms with van der Waals surface area (Å²) in [6, 6.07) is 3.82. The zero-order valence-corrected chi connectivity index (χ0v) is 13.4. The van der Waals surface area contributed by atoms with Gasteiger partial charge in [0.2, 0.25) is 0 Å². The van der Waals surface area contributed by atoms with E-state index >= 15 is 0 Å². The Morgan fingerprint density at radius 1 is 1.35 bits per heavy atom. The van der Waals surface area contributed by atoms with Crippen molar-refractivity contribution in [3.63, 3.8) is 0 Å². The van der Waals surface area contributed by atoms with E-state index in [-0.39, 0.29) is 21.4 Å². The third-order valence-electron chi connectivity index (χ3n) is 2.63. The predicted molar refractivity (Wildman–Crippen MR) is 77.9 cm³/mol. The number of methoxy groups -OCH3 is 1. The fraction of sp³-hybridized carbons (Fsp3) is 0.417. The summed E-state index contributed by atoms with van der Waals surface area (Å²) in [6.45, 7) is 3.08. The number of likely N-dealkylation sites (N-methyl/N-ethyl adjacent to an activating group) is 1. The second-order valence-corrected chi connectivity index (χ2v) is 6.99. The molecule has 112 valence electrons. The van der Waals surface area contributed by atoms with Crippen LogP contribution in [0, 0.1) is 0 Å². The van der Waals surface area contributed by atoms with Crippen molar-refractivity contribution in [2.45, 2.75) is 11.8 Å². The molecule has 5 nitrogen and oxygen atoms in total. The minimum absolute atomic E-state index is 0.137. The fourth-order valence-electron chi connectivity index (χ4n) is 1.61. The lowest BCUT2D eigenvalue weighted by Crippen LogP contribution is -2.33. The first kappa shape index (κ1) is 17.2. The molecule has 0 saturated carbocycles. The molecule has 0 heterocycles. The highest BCUT2D eigenvalue weighted by Crippen LogP contribution is 2.22. The number of ether oxygens (including phenoxy) is 1. The Balaban J connectivity index is 3.12. The number of carbonyl (C=O) groups excluding carboxylic acids is 1. The first-order valence-corrected chi connectivity index (χ1v) is 8.51. The maximum atomic E-state index is 12.3. The summed E-state index contributed by atoms with van der Waals surface area (Å²) in [5, 5.41) is 0.137. The molecule has 0 fully saturated rings. The zero-order valence-electron chi connectivity index (χ0n) is 11.1. The molecule has 1 rings (SSSR count). The molecule has 1 aromatic carbocycles. The Morgan fingerprint density at radius 3 is 2.50 bits per heavy atom. The summed E-state index contributed by atoms with van der Waals surface area (Å²) in [7, 11) is 2.87. The van der Waals surface area contributed by atoms with E-state index < -0.39 is 9.05 Å². The number of amides is 1. The van der Waals surface area contributed by atoms with Crippen LogP contribution in [-0.4, -0.2) is 46.0 Å². The van der Waals surface area contributed by atoms with Crippen LogP contribution in [0.25, 0.3) is 0 Å². The molecule has 20 heavy (non-hydrogen) atoms. The van der Waals surface area contributed by atoms with Gasteiger partial charge in [-0.15, -0.1) is 0 Å². The largest absolute Gasteiger partial charge is 0.383 e. The Labute approximate surface area is 127 Å². The molecule has 1 amide bonds. The van der Waals surface area contributed by atoms with E-state index in [0.29, 0.717) is 19.7 Å². The Kier molecular flexibility index (Phi) is 6.26. The quantitative estimate of drug-likeness (QED) is 0.746. The van der Waals surface area contributed by atoms with Gasteiger partial charge in [-0.25, -0.2) is 8.42 Å². The predicted octanol–water partition coefficient (Wildman–Crippen LogP) is 2.38. The van der Waals surface area contributed by atoms with Crippen molar-refractivity contribution in [3.05, 3.63) is 28.8 Å². The molecule has 1 aromatic rings. The lowest BCUT2D eigenvalue weighted by atomic mass is 10.2. The van der Waals surface area contributed by atoms with Gasteiger partial charge >= 0.3 is 0 Å². The highest BCUT2D eigenvalue weighted by molar-refractivity contribution is 8.13. The number of hydrogen-bond donors (Lipinski definition) is 0. The van der Waals surface area contributed by atoms with Crippen LogP contribution >= 0.6 is 22.3 Å². The maximum absolute atomic E-state index is 12.3. The molecule has 0 aliphatic carbocycles. The van der Waals surface area contributed by atoms with Crippen LogP contribution in [0.15, 0.2) is 23.1 Å². The van der Waals surface area contributed by atoms with Crippen molar-refractivity contribution < 1.29 is 17.9 Å². The van der Waals surface area contributed by atoms with Gasteiger partial charge in [0.25, 0.3) is 15.0 Å². The number of benzene rings is 1. The van der Waals surface area contributed by atoms with Crippen molar-refractivity contribution in [2.75, 3.05) is 26.8 Å². The average molecular weight is 340 g/mol. The molecule has 0 N–H and O–H groups in total. The van der Waals surface area contributed by atoms with Crippen LogP contribution in [0.4, 0.5) is 0 Å². The van der Waals surface area contributed by atoms with Crippen LogP contribution in [0.5, 0.6) is 0 Å². The van der Waals surface area contributed by atoms with Crippen LogP contribution in [-0.2, 0) is 13.8 Å². The molecule has 0 unspecified atom stereocenters. The molecule has 0 spiro atoms. The Morgan fingerprint density at radius 2 is 2.00 bits per heavy atom. The fourth-order valence-corrected chi connectivity index (χ4v) is 2.72. The van der Waals surface area contributed by atoms with Gasteiger partial charge in [-0.3, -0.25) is 4.79 Å². The van der Waals surface area contributed by atoms with Crippen LogP contribution in [0.2, 0.25) is 5.02 Å². The first-order valence-electron chi connectivity index (χ1n) is 5.83. The molecule has 0 saturated heterocycles. The van der Waals surface area contributed by atoms with Gasteiger partial charge in [0.05, 0.1) is 11.5 Å². The number of nitrogens with zero attached hydrogens (tertiary/aromatic N) is 1. The van der Waals surface area contributed by atoms with Gasteiger partial charge in [0.1, 0.15) is 0 Å². The molecule has 0 aliphatic heterocycles. The Hall–Kier alpha value is -0.820. The third kappa shape index (κ3) is 4.63. The molecule has 0 aliphatic rings. The SMILES string of the molecule is CCN(CCOC)C(=O)c1cc(Cl)cc(S(=O)(=O)Cl)c1. The topological polar surface area (TPSA) is 63.7 Å². The van der Waals surface area contributed by atoms with Crippen molar-refractivity contribution in [3.8, 4) is 0 Å². The van der Waals surface area contributed by atoms with E-state index in [0.717, 1.165) is 0 Å². The van der Waals surface area contributed by atoms with Gasteiger partial charge in [0, 0.05) is 41.5 Å². The van der Waals surface area contributed by atoms with Gasteiger partial charge < -0.3 is 9.64 Å². The summed E-state index contributed by atoms with van der Waals surface area (Å²) in [5.41, 5.74) is 0.176. The standard InChI is InChI=1S/C12H15Cl2NO4S/c1-3-15(4-5-19-2)12(16)9-6-10(13)8-11(7-9)20(14,17)18/h6-8H,3-5H2,1-2H3. The van der Waals surface area contributed by atoms with Crippen molar-refractivity contribution >= 4 is 37.2 Å². The van der Waals surface area contributed by atoms with Gasteiger partial charge in [-0.2, -0.15) is 0 Å². The van der Waals surface area contributed by atoms with Crippen LogP contribution in [0.1, 0.15) is 17.3 Å². The van der Waals surface area contributed by atoms with Crippen LogP contribution < -0.4 is 0 Å². The second kappa shape index (κ2) is 7.26. The average Bonchev–Trinajstić information content (AvgIpc) is 2.37. The van der Waals surface area contributed by atoms with E-state index in [9.17, 15) is 13.2 Å². The summed E-state index contributed by atoms with van der Waals surface area (Å²) < 4.78 is 27.6. The van der Waals surface area contributed by atoms with E-state index in [4.69, 9.17) is 27.0 Å². The normalized spacial score (nSPS) is 11.4. The molecule has 0 atom stereocenters. The number of rotatable bonds is 6. The molecular formula is C12H15Cl2NO4S. The van der Waals surface area contributed by atoms with Crippen molar-refractivity contribution in [2.24, 2.45) is 0 Å². The number of halogens is 2. The summed E-state index contributed by atoms with van der Waals surface area (Å²) in [4.78, 5) is 13.6.